The lowest BCUT2D eigenvalue weighted by atomic mass is 12.0. The molecule has 0 aromatic carbocycles. The third-order valence-electron chi connectivity index (χ3n) is 0. The summed E-state index contributed by atoms with van der Waals surface area (Å²) < 4.78 is 9.09. The molecule has 5 heteroatoms. The first kappa shape index (κ1) is 10.2. The first-order valence-electron chi connectivity index (χ1n) is 0.853. The highest BCUT2D eigenvalue weighted by molar-refractivity contribution is 8.31. The summed E-state index contributed by atoms with van der Waals surface area (Å²) in [6, 6.07) is 0. The van der Waals surface area contributed by atoms with Crippen LogP contribution in [-0.4, -0.2) is 10.9 Å². The van der Waals surface area contributed by atoms with Gasteiger partial charge in [0, 0.05) is 6.38 Å². The Labute approximate surface area is 53.8 Å². The smallest absolute Gasteiger partial charge is 0.198 e. The molecule has 0 spiro atoms. The largest absolute Gasteiger partial charge is 0.582 e. The standard InChI is InChI=1S/CH3Cl.Cl2OS/c1-2;1-4(2)3/h1H3;. The molecular formula is CH3Cl3OS. The Balaban J connectivity index is 0. The van der Waals surface area contributed by atoms with Gasteiger partial charge in [-0.15, -0.1) is 11.6 Å². The third kappa shape index (κ3) is 65.0. The van der Waals surface area contributed by atoms with Crippen molar-refractivity contribution >= 4 is 42.6 Å². The second kappa shape index (κ2) is 9.49. The molecule has 1 nitrogen and oxygen atoms in total. The van der Waals surface area contributed by atoms with E-state index in [1.807, 2.05) is 0 Å². The minimum absolute atomic E-state index is 1.47. The minimum atomic E-state index is -1.67. The highest BCUT2D eigenvalue weighted by atomic mass is 36.0. The van der Waals surface area contributed by atoms with E-state index in [9.17, 15) is 0 Å². The summed E-state index contributed by atoms with van der Waals surface area (Å²) in [6.45, 7) is 0. The van der Waals surface area contributed by atoms with E-state index in [0.29, 0.717) is 0 Å². The van der Waals surface area contributed by atoms with Gasteiger partial charge in [0.1, 0.15) is 0 Å². The van der Waals surface area contributed by atoms with Gasteiger partial charge >= 0.3 is 0 Å². The van der Waals surface area contributed by atoms with E-state index in [1.54, 1.807) is 0 Å². The van der Waals surface area contributed by atoms with Crippen LogP contribution < -0.4 is 0 Å². The molecule has 0 radical (unpaired) electrons. The van der Waals surface area contributed by atoms with E-state index >= 15 is 0 Å². The van der Waals surface area contributed by atoms with Crippen LogP contribution >= 0.6 is 33.0 Å². The van der Waals surface area contributed by atoms with Gasteiger partial charge in [0.25, 0.3) is 0 Å². The molecule has 0 saturated carbocycles. The fourth-order valence-corrected chi connectivity index (χ4v) is 0. The molecule has 0 aliphatic heterocycles. The molecule has 0 aliphatic rings. The summed E-state index contributed by atoms with van der Waals surface area (Å²) in [7, 11) is 7.36. The van der Waals surface area contributed by atoms with Gasteiger partial charge in [-0.1, -0.05) is 0 Å². The summed E-state index contributed by atoms with van der Waals surface area (Å²) in [6.07, 6.45) is 1.47. The summed E-state index contributed by atoms with van der Waals surface area (Å²) in [5, 5.41) is 0. The monoisotopic (exact) mass is 168 g/mol. The van der Waals surface area contributed by atoms with Crippen molar-refractivity contribution in [3.05, 3.63) is 0 Å². The molecule has 0 amide bonds. The first-order valence-corrected chi connectivity index (χ1v) is 4.41. The van der Waals surface area contributed by atoms with E-state index in [-0.39, 0.29) is 0 Å². The molecular weight excluding hydrogens is 166 g/mol. The molecule has 0 atom stereocenters. The molecule has 0 aliphatic carbocycles. The maximum absolute atomic E-state index is 9.09. The summed E-state index contributed by atoms with van der Waals surface area (Å²) in [5.41, 5.74) is 0. The summed E-state index contributed by atoms with van der Waals surface area (Å²) in [4.78, 5) is 0. The third-order valence-corrected chi connectivity index (χ3v) is 0. The van der Waals surface area contributed by atoms with Crippen LogP contribution in [0, 0.1) is 0 Å². The highest BCUT2D eigenvalue weighted by Gasteiger charge is 1.83. The summed E-state index contributed by atoms with van der Waals surface area (Å²) in [5.74, 6) is 0. The van der Waals surface area contributed by atoms with E-state index < -0.39 is 9.60 Å². The zero-order chi connectivity index (χ0) is 5.58. The Morgan fingerprint density at radius 2 is 1.33 bits per heavy atom. The van der Waals surface area contributed by atoms with Crippen molar-refractivity contribution in [2.45, 2.75) is 0 Å². The second-order valence-corrected chi connectivity index (χ2v) is 2.71. The van der Waals surface area contributed by atoms with E-state index in [0.717, 1.165) is 0 Å². The summed E-state index contributed by atoms with van der Waals surface area (Å²) >= 11 is 4.64. The second-order valence-electron chi connectivity index (χ2n) is 0.184. The van der Waals surface area contributed by atoms with Gasteiger partial charge in [0.05, 0.1) is 0 Å². The van der Waals surface area contributed by atoms with E-state index in [2.05, 4.69) is 33.0 Å². The van der Waals surface area contributed by atoms with Crippen molar-refractivity contribution in [1.82, 2.24) is 0 Å². The van der Waals surface area contributed by atoms with Gasteiger partial charge in [-0.25, -0.2) is 0 Å². The van der Waals surface area contributed by atoms with E-state index in [1.165, 1.54) is 6.38 Å². The Morgan fingerprint density at radius 1 is 1.33 bits per heavy atom. The van der Waals surface area contributed by atoms with Gasteiger partial charge in [-0.2, -0.15) is 0 Å². The van der Waals surface area contributed by atoms with Gasteiger partial charge in [0.15, 0.2) is 31.0 Å². The van der Waals surface area contributed by atoms with Gasteiger partial charge in [0.2, 0.25) is 0 Å². The lowest BCUT2D eigenvalue weighted by molar-refractivity contribution is 0.620. The van der Waals surface area contributed by atoms with Crippen molar-refractivity contribution in [2.75, 3.05) is 6.38 Å². The molecule has 0 rings (SSSR count). The molecule has 0 saturated heterocycles. The van der Waals surface area contributed by atoms with Crippen molar-refractivity contribution in [1.29, 1.82) is 0 Å². The molecule has 0 bridgehead atoms. The van der Waals surface area contributed by atoms with Crippen LogP contribution in [0.3, 0.4) is 0 Å². The van der Waals surface area contributed by atoms with E-state index in [4.69, 9.17) is 4.55 Å². The fraction of sp³-hybridized carbons (Fsp3) is 1.00. The number of alkyl halides is 1. The Kier molecular flexibility index (Phi) is 16.2. The molecule has 0 unspecified atom stereocenters. The molecule has 0 aromatic heterocycles. The Hall–Kier alpha value is 1.18. The molecule has 0 aromatic rings. The van der Waals surface area contributed by atoms with Crippen molar-refractivity contribution in [2.24, 2.45) is 0 Å². The van der Waals surface area contributed by atoms with Crippen LogP contribution in [0.25, 0.3) is 0 Å². The number of rotatable bonds is 0. The maximum atomic E-state index is 9.09. The quantitative estimate of drug-likeness (QED) is 0.401. The van der Waals surface area contributed by atoms with Crippen molar-refractivity contribution in [3.8, 4) is 0 Å². The normalized spacial score (nSPS) is 7.00. The average Bonchev–Trinajstić information content (AvgIpc) is 1.41. The van der Waals surface area contributed by atoms with Gasteiger partial charge < -0.3 is 4.55 Å². The number of halogens is 3. The molecule has 40 valence electrons. The van der Waals surface area contributed by atoms with Crippen LogP contribution in [0.15, 0.2) is 0 Å². The van der Waals surface area contributed by atoms with Gasteiger partial charge in [-0.05, 0) is 0 Å². The fourth-order valence-electron chi connectivity index (χ4n) is 0. The van der Waals surface area contributed by atoms with Crippen LogP contribution in [-0.2, 0) is 9.60 Å². The average molecular weight is 169 g/mol. The minimum Gasteiger partial charge on any atom is -0.582 e. The highest BCUT2D eigenvalue weighted by Crippen LogP contribution is 1.98. The van der Waals surface area contributed by atoms with Crippen molar-refractivity contribution in [3.63, 3.8) is 0 Å². The van der Waals surface area contributed by atoms with Crippen LogP contribution in [0.4, 0.5) is 0 Å². The number of hydrogen-bond acceptors (Lipinski definition) is 1. The predicted molar refractivity (Wildman–Crippen MR) is 31.6 cm³/mol. The first-order chi connectivity index (χ1) is 2.73. The van der Waals surface area contributed by atoms with Crippen molar-refractivity contribution < 1.29 is 4.55 Å². The molecule has 6 heavy (non-hydrogen) atoms. The molecule has 0 N–H and O–H groups in total. The molecule has 0 heterocycles. The Bertz CT molecular complexity index is 15.5. The van der Waals surface area contributed by atoms with Crippen LogP contribution in [0.5, 0.6) is 0 Å². The number of hydrogen-bond donors (Lipinski definition) is 0. The zero-order valence-electron chi connectivity index (χ0n) is 2.95. The Morgan fingerprint density at radius 3 is 1.33 bits per heavy atom. The van der Waals surface area contributed by atoms with Crippen LogP contribution in [0.2, 0.25) is 0 Å². The maximum Gasteiger partial charge on any atom is 0.198 e. The topological polar surface area (TPSA) is 23.1 Å². The lowest BCUT2D eigenvalue weighted by Gasteiger charge is -1.73. The molecule has 0 fully saturated rings. The van der Waals surface area contributed by atoms with Gasteiger partial charge in [-0.3, -0.25) is 0 Å². The zero-order valence-corrected chi connectivity index (χ0v) is 6.03. The SMILES string of the molecule is CCl.[O-][S+](Cl)Cl. The van der Waals surface area contributed by atoms with Crippen LogP contribution in [0.1, 0.15) is 0 Å². The lowest BCUT2D eigenvalue weighted by Crippen LogP contribution is -1.63. The predicted octanol–water partition coefficient (Wildman–Crippen LogP) is 1.90.